The van der Waals surface area contributed by atoms with Crippen LogP contribution in [-0.2, 0) is 16.4 Å². The Hall–Kier alpha value is -1.09. The molecule has 5 nitrogen and oxygen atoms in total. The molecule has 1 aromatic rings. The Morgan fingerprint density at radius 3 is 2.75 bits per heavy atom. The Kier molecular flexibility index (Phi) is 4.10. The van der Waals surface area contributed by atoms with Crippen LogP contribution in [0.15, 0.2) is 11.2 Å². The van der Waals surface area contributed by atoms with E-state index in [9.17, 15) is 21.6 Å². The van der Waals surface area contributed by atoms with Crippen molar-refractivity contribution < 1.29 is 21.6 Å². The largest absolute Gasteiger partial charge is 0.393 e. The number of aromatic nitrogens is 2. The van der Waals surface area contributed by atoms with Gasteiger partial charge in [0.25, 0.3) is 10.0 Å². The summed E-state index contributed by atoms with van der Waals surface area (Å²) in [6, 6.07) is 0. The van der Waals surface area contributed by atoms with Gasteiger partial charge in [0, 0.05) is 19.5 Å². The van der Waals surface area contributed by atoms with Crippen molar-refractivity contribution in [1.82, 2.24) is 14.3 Å². The summed E-state index contributed by atoms with van der Waals surface area (Å²) < 4.78 is 63.6. The van der Waals surface area contributed by atoms with Crippen LogP contribution in [0.25, 0.3) is 0 Å². The molecule has 1 N–H and O–H groups in total. The summed E-state index contributed by atoms with van der Waals surface area (Å²) in [5.74, 6) is -1.10. The third-order valence-corrected chi connectivity index (χ3v) is 5.18. The second-order valence-corrected chi connectivity index (χ2v) is 6.70. The van der Waals surface area contributed by atoms with E-state index in [0.717, 1.165) is 10.5 Å². The Bertz CT molecular complexity index is 568. The second-order valence-electron chi connectivity index (χ2n) is 4.79. The Balaban J connectivity index is 2.21. The number of hydrogen-bond donors (Lipinski definition) is 1. The number of rotatable bonds is 3. The molecule has 2 heterocycles. The molecule has 1 unspecified atom stereocenters. The standard InChI is InChI=1S/C11H16F3N3O2S/c1-2-9-15-6-10(16-9)20(18,19)17-5-3-4-8(7-17)11(12,13)14/h6,8H,2-5,7H2,1H3,(H,15,16). The molecular weight excluding hydrogens is 295 g/mol. The van der Waals surface area contributed by atoms with Gasteiger partial charge in [0.05, 0.1) is 12.1 Å². The number of alkyl halides is 3. The smallest absolute Gasteiger partial charge is 0.332 e. The van der Waals surface area contributed by atoms with Gasteiger partial charge in [-0.3, -0.25) is 0 Å². The molecule has 0 spiro atoms. The van der Waals surface area contributed by atoms with Crippen molar-refractivity contribution >= 4 is 10.0 Å². The molecule has 0 radical (unpaired) electrons. The summed E-state index contributed by atoms with van der Waals surface area (Å²) in [6.07, 6.45) is -2.50. The van der Waals surface area contributed by atoms with E-state index in [0.29, 0.717) is 12.2 Å². The van der Waals surface area contributed by atoms with Crippen LogP contribution >= 0.6 is 0 Å². The van der Waals surface area contributed by atoms with E-state index in [2.05, 4.69) is 9.97 Å². The van der Waals surface area contributed by atoms with Crippen LogP contribution in [-0.4, -0.2) is 42.0 Å². The van der Waals surface area contributed by atoms with Crippen LogP contribution < -0.4 is 0 Å². The maximum atomic E-state index is 12.7. The van der Waals surface area contributed by atoms with Crippen LogP contribution in [0.1, 0.15) is 25.6 Å². The molecule has 9 heteroatoms. The highest BCUT2D eigenvalue weighted by molar-refractivity contribution is 7.89. The Morgan fingerprint density at radius 1 is 1.50 bits per heavy atom. The van der Waals surface area contributed by atoms with Gasteiger partial charge < -0.3 is 4.98 Å². The fourth-order valence-corrected chi connectivity index (χ4v) is 3.68. The topological polar surface area (TPSA) is 66.1 Å². The molecule has 20 heavy (non-hydrogen) atoms. The highest BCUT2D eigenvalue weighted by atomic mass is 32.2. The van der Waals surface area contributed by atoms with E-state index >= 15 is 0 Å². The average Bonchev–Trinajstić information content (AvgIpc) is 2.87. The zero-order valence-corrected chi connectivity index (χ0v) is 11.8. The Labute approximate surface area is 115 Å². The van der Waals surface area contributed by atoms with Gasteiger partial charge in [-0.15, -0.1) is 0 Å². The van der Waals surface area contributed by atoms with Gasteiger partial charge in [0.2, 0.25) is 0 Å². The minimum Gasteiger partial charge on any atom is -0.332 e. The molecule has 0 aromatic carbocycles. The van der Waals surface area contributed by atoms with E-state index in [-0.39, 0.29) is 24.4 Å². The lowest BCUT2D eigenvalue weighted by Gasteiger charge is -2.32. The van der Waals surface area contributed by atoms with E-state index in [4.69, 9.17) is 0 Å². The fraction of sp³-hybridized carbons (Fsp3) is 0.727. The number of nitrogens with one attached hydrogen (secondary N) is 1. The number of aromatic amines is 1. The van der Waals surface area contributed by atoms with Crippen LogP contribution in [0, 0.1) is 5.92 Å². The number of imidazole rings is 1. The monoisotopic (exact) mass is 311 g/mol. The molecule has 0 amide bonds. The fourth-order valence-electron chi connectivity index (χ4n) is 2.22. The zero-order chi connectivity index (χ0) is 15.0. The highest BCUT2D eigenvalue weighted by Crippen LogP contribution is 2.34. The third kappa shape index (κ3) is 2.98. The van der Waals surface area contributed by atoms with Crippen molar-refractivity contribution in [2.24, 2.45) is 5.92 Å². The van der Waals surface area contributed by atoms with Gasteiger partial charge in [0.1, 0.15) is 5.82 Å². The highest BCUT2D eigenvalue weighted by Gasteiger charge is 2.44. The molecule has 0 bridgehead atoms. The quantitative estimate of drug-likeness (QED) is 0.927. The maximum Gasteiger partial charge on any atom is 0.393 e. The zero-order valence-electron chi connectivity index (χ0n) is 10.9. The average molecular weight is 311 g/mol. The summed E-state index contributed by atoms with van der Waals surface area (Å²) in [4.78, 5) is 6.51. The first kappa shape index (κ1) is 15.3. The molecule has 1 saturated heterocycles. The number of H-pyrrole nitrogens is 1. The van der Waals surface area contributed by atoms with Gasteiger partial charge in [-0.1, -0.05) is 6.92 Å². The number of piperidine rings is 1. The van der Waals surface area contributed by atoms with Crippen molar-refractivity contribution in [3.8, 4) is 0 Å². The summed E-state index contributed by atoms with van der Waals surface area (Å²) in [6.45, 7) is 1.39. The number of aryl methyl sites for hydroxylation is 1. The minimum atomic E-state index is -4.36. The second kappa shape index (κ2) is 5.36. The van der Waals surface area contributed by atoms with E-state index < -0.39 is 28.7 Å². The molecule has 1 fully saturated rings. The van der Waals surface area contributed by atoms with Crippen molar-refractivity contribution in [2.75, 3.05) is 13.1 Å². The van der Waals surface area contributed by atoms with E-state index in [1.807, 2.05) is 0 Å². The van der Waals surface area contributed by atoms with Crippen molar-refractivity contribution in [3.63, 3.8) is 0 Å². The van der Waals surface area contributed by atoms with Crippen molar-refractivity contribution in [2.45, 2.75) is 37.4 Å². The predicted molar refractivity (Wildman–Crippen MR) is 65.5 cm³/mol. The van der Waals surface area contributed by atoms with Crippen LogP contribution in [0.5, 0.6) is 0 Å². The van der Waals surface area contributed by atoms with Crippen molar-refractivity contribution in [3.05, 3.63) is 12.0 Å². The van der Waals surface area contributed by atoms with Gasteiger partial charge in [-0.25, -0.2) is 13.4 Å². The minimum absolute atomic E-state index is 0.0291. The molecule has 0 aliphatic carbocycles. The molecule has 1 atom stereocenters. The lowest BCUT2D eigenvalue weighted by Crippen LogP contribution is -2.44. The van der Waals surface area contributed by atoms with E-state index in [1.165, 1.54) is 0 Å². The molecule has 2 rings (SSSR count). The number of sulfonamides is 1. The molecule has 1 aliphatic rings. The molecule has 1 aromatic heterocycles. The molecular formula is C11H16F3N3O2S. The van der Waals surface area contributed by atoms with Gasteiger partial charge in [-0.05, 0) is 12.8 Å². The number of hydrogen-bond acceptors (Lipinski definition) is 3. The van der Waals surface area contributed by atoms with Crippen LogP contribution in [0.2, 0.25) is 0 Å². The van der Waals surface area contributed by atoms with Gasteiger partial charge in [-0.2, -0.15) is 17.5 Å². The molecule has 1 aliphatic heterocycles. The summed E-state index contributed by atoms with van der Waals surface area (Å²) >= 11 is 0. The SMILES string of the molecule is CCc1ncc(S(=O)(=O)N2CCCC(C(F)(F)F)C2)[nH]1. The maximum absolute atomic E-state index is 12.7. The predicted octanol–water partition coefficient (Wildman–Crippen LogP) is 1.94. The molecule has 0 saturated carbocycles. The first-order valence-electron chi connectivity index (χ1n) is 6.36. The number of halogens is 3. The van der Waals surface area contributed by atoms with Gasteiger partial charge >= 0.3 is 6.18 Å². The normalized spacial score (nSPS) is 22.1. The number of nitrogens with zero attached hydrogens (tertiary/aromatic N) is 2. The lowest BCUT2D eigenvalue weighted by molar-refractivity contribution is -0.182. The first-order valence-corrected chi connectivity index (χ1v) is 7.80. The van der Waals surface area contributed by atoms with Crippen LogP contribution in [0.3, 0.4) is 0 Å². The summed E-state index contributed by atoms with van der Waals surface area (Å²) in [5, 5.41) is -0.142. The van der Waals surface area contributed by atoms with Crippen LogP contribution in [0.4, 0.5) is 13.2 Å². The van der Waals surface area contributed by atoms with Gasteiger partial charge in [0.15, 0.2) is 5.03 Å². The first-order chi connectivity index (χ1) is 9.25. The summed E-state index contributed by atoms with van der Waals surface area (Å²) in [7, 11) is -3.93. The molecule has 114 valence electrons. The lowest BCUT2D eigenvalue weighted by atomic mass is 9.99. The third-order valence-electron chi connectivity index (χ3n) is 3.40. The Morgan fingerprint density at radius 2 is 2.20 bits per heavy atom. The summed E-state index contributed by atoms with van der Waals surface area (Å²) in [5.41, 5.74) is 0. The van der Waals surface area contributed by atoms with Crippen molar-refractivity contribution in [1.29, 1.82) is 0 Å². The van der Waals surface area contributed by atoms with E-state index in [1.54, 1.807) is 6.92 Å².